The van der Waals surface area contributed by atoms with Gasteiger partial charge in [0.1, 0.15) is 11.9 Å². The molecule has 3 nitrogen and oxygen atoms in total. The van der Waals surface area contributed by atoms with Crippen molar-refractivity contribution >= 4 is 28.1 Å². The van der Waals surface area contributed by atoms with E-state index in [4.69, 9.17) is 17.3 Å². The van der Waals surface area contributed by atoms with Gasteiger partial charge in [-0.1, -0.05) is 29.0 Å². The number of rotatable bonds is 2. The number of aliphatic hydroxyl groups is 1. The van der Waals surface area contributed by atoms with Crippen LogP contribution in [0.15, 0.2) is 24.4 Å². The van der Waals surface area contributed by atoms with Crippen molar-refractivity contribution in [3.8, 4) is 0 Å². The number of hydrogen-bond acceptors (Lipinski definition) is 4. The Balaban J connectivity index is 2.37. The zero-order valence-corrected chi connectivity index (χ0v) is 9.60. The fraction of sp³-hybridized carbons (Fsp3) is 0.100. The van der Waals surface area contributed by atoms with Gasteiger partial charge in [-0.3, -0.25) is 0 Å². The Bertz CT molecular complexity index is 517. The van der Waals surface area contributed by atoms with Gasteiger partial charge in [0.05, 0.1) is 4.88 Å². The van der Waals surface area contributed by atoms with Crippen molar-refractivity contribution in [1.82, 2.24) is 4.98 Å². The van der Waals surface area contributed by atoms with Crippen LogP contribution in [-0.2, 0) is 0 Å². The lowest BCUT2D eigenvalue weighted by atomic mass is 10.1. The summed E-state index contributed by atoms with van der Waals surface area (Å²) in [6.45, 7) is 0. The molecule has 1 unspecified atom stereocenters. The molecule has 2 rings (SSSR count). The highest BCUT2D eigenvalue weighted by molar-refractivity contribution is 7.15. The molecule has 6 heteroatoms. The van der Waals surface area contributed by atoms with Crippen LogP contribution in [0.2, 0.25) is 5.02 Å². The van der Waals surface area contributed by atoms with E-state index in [-0.39, 0.29) is 10.6 Å². The molecule has 1 aromatic heterocycles. The van der Waals surface area contributed by atoms with E-state index in [9.17, 15) is 9.50 Å². The fourth-order valence-corrected chi connectivity index (χ4v) is 2.15. The van der Waals surface area contributed by atoms with Crippen LogP contribution < -0.4 is 5.73 Å². The van der Waals surface area contributed by atoms with E-state index >= 15 is 0 Å². The van der Waals surface area contributed by atoms with E-state index < -0.39 is 11.9 Å². The first-order chi connectivity index (χ1) is 7.58. The summed E-state index contributed by atoms with van der Waals surface area (Å²) in [5.74, 6) is -0.549. The van der Waals surface area contributed by atoms with Crippen molar-refractivity contribution in [1.29, 1.82) is 0 Å². The predicted molar refractivity (Wildman–Crippen MR) is 62.0 cm³/mol. The van der Waals surface area contributed by atoms with Crippen LogP contribution in [0.5, 0.6) is 0 Å². The molecule has 1 heterocycles. The summed E-state index contributed by atoms with van der Waals surface area (Å²) in [7, 11) is 0. The van der Waals surface area contributed by atoms with E-state index in [1.54, 1.807) is 0 Å². The maximum atomic E-state index is 13.5. The van der Waals surface area contributed by atoms with Crippen molar-refractivity contribution in [3.05, 3.63) is 45.7 Å². The smallest absolute Gasteiger partial charge is 0.180 e. The Hall–Kier alpha value is -1.17. The molecule has 0 saturated carbocycles. The standard InChI is InChI=1S/C10H8ClFN2OS/c11-5-1-2-6(7(12)3-5)9(15)8-4-14-10(13)16-8/h1-4,9,15H,(H2,13,14). The number of nitrogen functional groups attached to an aromatic ring is 1. The van der Waals surface area contributed by atoms with Crippen LogP contribution in [0.3, 0.4) is 0 Å². The average Bonchev–Trinajstić information content (AvgIpc) is 2.64. The maximum absolute atomic E-state index is 13.5. The lowest BCUT2D eigenvalue weighted by molar-refractivity contribution is 0.218. The lowest BCUT2D eigenvalue weighted by Gasteiger charge is -2.09. The van der Waals surface area contributed by atoms with Gasteiger partial charge in [0.15, 0.2) is 5.13 Å². The minimum absolute atomic E-state index is 0.160. The summed E-state index contributed by atoms with van der Waals surface area (Å²) in [5.41, 5.74) is 5.60. The van der Waals surface area contributed by atoms with E-state index in [0.717, 1.165) is 17.4 Å². The molecular formula is C10H8ClFN2OS. The minimum Gasteiger partial charge on any atom is -0.383 e. The molecule has 0 amide bonds. The SMILES string of the molecule is Nc1ncc(C(O)c2ccc(Cl)cc2F)s1. The number of anilines is 1. The van der Waals surface area contributed by atoms with Crippen molar-refractivity contribution in [2.45, 2.75) is 6.10 Å². The minimum atomic E-state index is -1.06. The predicted octanol–water partition coefficient (Wildman–Crippen LogP) is 2.60. The highest BCUT2D eigenvalue weighted by Gasteiger charge is 2.17. The van der Waals surface area contributed by atoms with Crippen LogP contribution in [0.4, 0.5) is 9.52 Å². The summed E-state index contributed by atoms with van der Waals surface area (Å²) < 4.78 is 13.5. The second-order valence-electron chi connectivity index (χ2n) is 3.17. The fourth-order valence-electron chi connectivity index (χ4n) is 1.30. The molecule has 1 aromatic carbocycles. The third kappa shape index (κ3) is 2.16. The highest BCUT2D eigenvalue weighted by Crippen LogP contribution is 2.30. The quantitative estimate of drug-likeness (QED) is 0.871. The Labute approximate surface area is 100 Å². The molecule has 0 radical (unpaired) electrons. The summed E-state index contributed by atoms with van der Waals surface area (Å²) in [6, 6.07) is 4.12. The Morgan fingerprint density at radius 2 is 2.25 bits per heavy atom. The highest BCUT2D eigenvalue weighted by atomic mass is 35.5. The van der Waals surface area contributed by atoms with Crippen molar-refractivity contribution in [3.63, 3.8) is 0 Å². The van der Waals surface area contributed by atoms with Crippen LogP contribution in [0, 0.1) is 5.82 Å². The molecule has 0 fully saturated rings. The lowest BCUT2D eigenvalue weighted by Crippen LogP contribution is -2.00. The Morgan fingerprint density at radius 1 is 1.50 bits per heavy atom. The summed E-state index contributed by atoms with van der Waals surface area (Å²) in [6.07, 6.45) is 0.366. The molecule has 0 bridgehead atoms. The van der Waals surface area contributed by atoms with Crippen molar-refractivity contribution in [2.75, 3.05) is 5.73 Å². The number of aromatic nitrogens is 1. The van der Waals surface area contributed by atoms with E-state index in [2.05, 4.69) is 4.98 Å². The normalized spacial score (nSPS) is 12.7. The largest absolute Gasteiger partial charge is 0.383 e. The molecule has 84 valence electrons. The van der Waals surface area contributed by atoms with Gasteiger partial charge in [0.2, 0.25) is 0 Å². The van der Waals surface area contributed by atoms with Crippen molar-refractivity contribution in [2.24, 2.45) is 0 Å². The first kappa shape index (κ1) is 11.3. The second-order valence-corrected chi connectivity index (χ2v) is 4.70. The topological polar surface area (TPSA) is 59.1 Å². The Morgan fingerprint density at radius 3 is 2.81 bits per heavy atom. The summed E-state index contributed by atoms with van der Waals surface area (Å²) in [4.78, 5) is 4.30. The maximum Gasteiger partial charge on any atom is 0.180 e. The molecule has 16 heavy (non-hydrogen) atoms. The van der Waals surface area contributed by atoms with Gasteiger partial charge in [0, 0.05) is 16.8 Å². The van der Waals surface area contributed by atoms with Gasteiger partial charge in [-0.15, -0.1) is 0 Å². The van der Waals surface area contributed by atoms with Crippen molar-refractivity contribution < 1.29 is 9.50 Å². The molecular weight excluding hydrogens is 251 g/mol. The molecule has 1 atom stereocenters. The number of hydrogen-bond donors (Lipinski definition) is 2. The first-order valence-corrected chi connectivity index (χ1v) is 5.61. The van der Waals surface area contributed by atoms with Gasteiger partial charge in [-0.05, 0) is 12.1 Å². The number of thiazole rings is 1. The number of aliphatic hydroxyl groups excluding tert-OH is 1. The number of nitrogens with zero attached hydrogens (tertiary/aromatic N) is 1. The first-order valence-electron chi connectivity index (χ1n) is 4.42. The van der Waals surface area contributed by atoms with E-state index in [1.165, 1.54) is 18.3 Å². The third-order valence-corrected chi connectivity index (χ3v) is 3.18. The van der Waals surface area contributed by atoms with E-state index in [1.807, 2.05) is 0 Å². The van der Waals surface area contributed by atoms with Gasteiger partial charge in [-0.25, -0.2) is 9.37 Å². The number of halogens is 2. The van der Waals surface area contributed by atoms with Crippen LogP contribution in [0.25, 0.3) is 0 Å². The molecule has 3 N–H and O–H groups in total. The molecule has 0 spiro atoms. The Kier molecular flexibility index (Phi) is 3.09. The second kappa shape index (κ2) is 4.37. The molecule has 0 aliphatic rings. The van der Waals surface area contributed by atoms with Crippen LogP contribution in [0.1, 0.15) is 16.5 Å². The average molecular weight is 259 g/mol. The van der Waals surface area contributed by atoms with Gasteiger partial charge in [-0.2, -0.15) is 0 Å². The van der Waals surface area contributed by atoms with Crippen LogP contribution >= 0.6 is 22.9 Å². The zero-order valence-electron chi connectivity index (χ0n) is 8.02. The molecule has 0 saturated heterocycles. The zero-order chi connectivity index (χ0) is 11.7. The molecule has 2 aromatic rings. The molecule has 0 aliphatic carbocycles. The summed E-state index contributed by atoms with van der Waals surface area (Å²) in [5, 5.41) is 10.5. The monoisotopic (exact) mass is 258 g/mol. The molecule has 0 aliphatic heterocycles. The number of benzene rings is 1. The van der Waals surface area contributed by atoms with Gasteiger partial charge < -0.3 is 10.8 Å². The van der Waals surface area contributed by atoms with Gasteiger partial charge in [0.25, 0.3) is 0 Å². The van der Waals surface area contributed by atoms with Gasteiger partial charge >= 0.3 is 0 Å². The van der Waals surface area contributed by atoms with Crippen LogP contribution in [-0.4, -0.2) is 10.1 Å². The third-order valence-electron chi connectivity index (χ3n) is 2.07. The van der Waals surface area contributed by atoms with E-state index in [0.29, 0.717) is 10.0 Å². The summed E-state index contributed by atoms with van der Waals surface area (Å²) >= 11 is 6.74. The number of nitrogens with two attached hydrogens (primary N) is 1.